The van der Waals surface area contributed by atoms with E-state index in [9.17, 15) is 4.79 Å². The molecule has 6 heteroatoms. The number of aliphatic hydroxyl groups is 1. The Morgan fingerprint density at radius 3 is 2.67 bits per heavy atom. The van der Waals surface area contributed by atoms with Gasteiger partial charge in [0.25, 0.3) is 5.91 Å². The molecule has 1 aliphatic carbocycles. The first kappa shape index (κ1) is 13.5. The predicted octanol–water partition coefficient (Wildman–Crippen LogP) is 2.17. The minimum absolute atomic E-state index is 0.0735. The van der Waals surface area contributed by atoms with Crippen LogP contribution in [0.3, 0.4) is 0 Å². The smallest absolute Gasteiger partial charge is 0.255 e. The third-order valence-electron chi connectivity index (χ3n) is 2.87. The van der Waals surface area contributed by atoms with E-state index in [1.54, 1.807) is 4.90 Å². The van der Waals surface area contributed by atoms with Gasteiger partial charge in [0, 0.05) is 18.3 Å². The third-order valence-corrected chi connectivity index (χ3v) is 3.67. The highest BCUT2D eigenvalue weighted by Gasteiger charge is 2.33. The van der Waals surface area contributed by atoms with E-state index in [0.717, 1.165) is 12.8 Å². The van der Waals surface area contributed by atoms with E-state index >= 15 is 0 Å². The van der Waals surface area contributed by atoms with Gasteiger partial charge in [0.1, 0.15) is 0 Å². The van der Waals surface area contributed by atoms with Crippen molar-refractivity contribution in [3.63, 3.8) is 0 Å². The van der Waals surface area contributed by atoms with Crippen LogP contribution in [-0.4, -0.2) is 35.1 Å². The first-order valence-corrected chi connectivity index (χ1v) is 6.46. The molecule has 0 saturated heterocycles. The number of carbonyl (C=O) groups is 1. The van der Waals surface area contributed by atoms with Crippen molar-refractivity contribution < 1.29 is 9.90 Å². The first-order chi connectivity index (χ1) is 8.54. The molecule has 1 aromatic rings. The van der Waals surface area contributed by atoms with Gasteiger partial charge in [0.15, 0.2) is 0 Å². The molecule has 0 radical (unpaired) electrons. The first-order valence-electron chi connectivity index (χ1n) is 5.71. The van der Waals surface area contributed by atoms with Crippen LogP contribution < -0.4 is 5.73 Å². The molecule has 1 saturated carbocycles. The molecule has 0 bridgehead atoms. The van der Waals surface area contributed by atoms with Gasteiger partial charge in [-0.05, 0) is 25.0 Å². The van der Waals surface area contributed by atoms with Crippen molar-refractivity contribution in [3.8, 4) is 0 Å². The van der Waals surface area contributed by atoms with Gasteiger partial charge in [-0.1, -0.05) is 23.2 Å². The topological polar surface area (TPSA) is 66.6 Å². The Hall–Kier alpha value is -0.970. The summed E-state index contributed by atoms with van der Waals surface area (Å²) in [6, 6.07) is 3.22. The molecule has 1 aromatic carbocycles. The average Bonchev–Trinajstić information content (AvgIpc) is 3.14. The van der Waals surface area contributed by atoms with Crippen LogP contribution >= 0.6 is 23.2 Å². The molecule has 0 aliphatic heterocycles. The molecule has 98 valence electrons. The molecule has 1 amide bonds. The van der Waals surface area contributed by atoms with Crippen LogP contribution in [0.15, 0.2) is 12.1 Å². The highest BCUT2D eigenvalue weighted by molar-refractivity contribution is 6.44. The Bertz CT molecular complexity index is 475. The Labute approximate surface area is 115 Å². The van der Waals surface area contributed by atoms with Crippen molar-refractivity contribution in [2.45, 2.75) is 18.9 Å². The SMILES string of the molecule is Nc1cc(Cl)c(Cl)c(C(=O)N(CCO)C2CC2)c1. The fourth-order valence-corrected chi connectivity index (χ4v) is 2.28. The summed E-state index contributed by atoms with van der Waals surface area (Å²) in [6.07, 6.45) is 1.92. The highest BCUT2D eigenvalue weighted by Crippen LogP contribution is 2.33. The van der Waals surface area contributed by atoms with E-state index < -0.39 is 0 Å². The van der Waals surface area contributed by atoms with Crippen LogP contribution in [0, 0.1) is 0 Å². The molecule has 0 atom stereocenters. The second kappa shape index (κ2) is 5.34. The molecular weight excluding hydrogens is 275 g/mol. The van der Waals surface area contributed by atoms with E-state index in [1.165, 1.54) is 12.1 Å². The minimum atomic E-state index is -0.231. The number of rotatable bonds is 4. The van der Waals surface area contributed by atoms with Gasteiger partial charge < -0.3 is 15.7 Å². The minimum Gasteiger partial charge on any atom is -0.399 e. The number of hydrogen-bond acceptors (Lipinski definition) is 3. The van der Waals surface area contributed by atoms with Crippen LogP contribution in [0.25, 0.3) is 0 Å². The van der Waals surface area contributed by atoms with Crippen molar-refractivity contribution in [1.82, 2.24) is 4.90 Å². The largest absolute Gasteiger partial charge is 0.399 e. The second-order valence-corrected chi connectivity index (χ2v) is 5.10. The lowest BCUT2D eigenvalue weighted by Crippen LogP contribution is -2.35. The number of nitrogen functional groups attached to an aromatic ring is 1. The lowest BCUT2D eigenvalue weighted by molar-refractivity contribution is 0.0708. The van der Waals surface area contributed by atoms with E-state index in [1.807, 2.05) is 0 Å². The van der Waals surface area contributed by atoms with Crippen molar-refractivity contribution in [2.24, 2.45) is 0 Å². The summed E-state index contributed by atoms with van der Waals surface area (Å²) in [5, 5.41) is 9.48. The van der Waals surface area contributed by atoms with Crippen LogP contribution in [0.2, 0.25) is 10.0 Å². The summed E-state index contributed by atoms with van der Waals surface area (Å²) < 4.78 is 0. The van der Waals surface area contributed by atoms with Crippen molar-refractivity contribution in [3.05, 3.63) is 27.7 Å². The third kappa shape index (κ3) is 2.71. The van der Waals surface area contributed by atoms with E-state index in [2.05, 4.69) is 0 Å². The maximum Gasteiger partial charge on any atom is 0.255 e. The Morgan fingerprint density at radius 1 is 1.44 bits per heavy atom. The van der Waals surface area contributed by atoms with Crippen molar-refractivity contribution in [2.75, 3.05) is 18.9 Å². The Morgan fingerprint density at radius 2 is 2.11 bits per heavy atom. The molecule has 4 nitrogen and oxygen atoms in total. The van der Waals surface area contributed by atoms with Crippen LogP contribution in [0.4, 0.5) is 5.69 Å². The zero-order valence-corrected chi connectivity index (χ0v) is 11.2. The second-order valence-electron chi connectivity index (χ2n) is 4.32. The number of halogens is 2. The van der Waals surface area contributed by atoms with Crippen molar-refractivity contribution in [1.29, 1.82) is 0 Å². The quantitative estimate of drug-likeness (QED) is 0.835. The Kier molecular flexibility index (Phi) is 4.00. The van der Waals surface area contributed by atoms with Gasteiger partial charge in [-0.25, -0.2) is 0 Å². The van der Waals surface area contributed by atoms with Crippen molar-refractivity contribution >= 4 is 34.8 Å². The maximum absolute atomic E-state index is 12.4. The number of amides is 1. The van der Waals surface area contributed by atoms with E-state index in [0.29, 0.717) is 17.8 Å². The van der Waals surface area contributed by atoms with Gasteiger partial charge >= 0.3 is 0 Å². The zero-order chi connectivity index (χ0) is 13.3. The summed E-state index contributed by atoms with van der Waals surface area (Å²) in [4.78, 5) is 14.0. The molecule has 1 fully saturated rings. The number of anilines is 1. The number of nitrogens with zero attached hydrogens (tertiary/aromatic N) is 1. The van der Waals surface area contributed by atoms with E-state index in [4.69, 9.17) is 34.0 Å². The van der Waals surface area contributed by atoms with Crippen LogP contribution in [0.1, 0.15) is 23.2 Å². The number of hydrogen-bond donors (Lipinski definition) is 2. The number of carbonyl (C=O) groups excluding carboxylic acids is 1. The van der Waals surface area contributed by atoms with Gasteiger partial charge in [-0.15, -0.1) is 0 Å². The number of aliphatic hydroxyl groups excluding tert-OH is 1. The molecule has 0 spiro atoms. The van der Waals surface area contributed by atoms with Gasteiger partial charge in [0.2, 0.25) is 0 Å². The maximum atomic E-state index is 12.4. The average molecular weight is 289 g/mol. The summed E-state index contributed by atoms with van der Waals surface area (Å²) >= 11 is 11.9. The lowest BCUT2D eigenvalue weighted by Gasteiger charge is -2.22. The molecule has 1 aliphatic rings. The molecule has 0 heterocycles. The normalized spacial score (nSPS) is 14.6. The summed E-state index contributed by atoms with van der Waals surface area (Å²) in [5.41, 5.74) is 6.36. The standard InChI is InChI=1S/C12H14Cl2N2O2/c13-10-6-7(15)5-9(11(10)14)12(18)16(3-4-17)8-1-2-8/h5-6,8,17H,1-4,15H2. The van der Waals surface area contributed by atoms with Crippen LogP contribution in [0.5, 0.6) is 0 Å². The number of benzene rings is 1. The van der Waals surface area contributed by atoms with Gasteiger partial charge in [-0.3, -0.25) is 4.79 Å². The fraction of sp³-hybridized carbons (Fsp3) is 0.417. The summed E-state index contributed by atoms with van der Waals surface area (Å²) in [6.45, 7) is 0.224. The van der Waals surface area contributed by atoms with Gasteiger partial charge in [-0.2, -0.15) is 0 Å². The monoisotopic (exact) mass is 288 g/mol. The predicted molar refractivity (Wildman–Crippen MR) is 72.0 cm³/mol. The zero-order valence-electron chi connectivity index (χ0n) is 9.70. The molecule has 18 heavy (non-hydrogen) atoms. The number of nitrogens with two attached hydrogens (primary N) is 1. The summed E-state index contributed by atoms with van der Waals surface area (Å²) in [5.74, 6) is -0.231. The van der Waals surface area contributed by atoms with Crippen LogP contribution in [-0.2, 0) is 0 Å². The molecular formula is C12H14Cl2N2O2. The molecule has 0 aromatic heterocycles. The molecule has 0 unspecified atom stereocenters. The van der Waals surface area contributed by atoms with Gasteiger partial charge in [0.05, 0.1) is 22.2 Å². The summed E-state index contributed by atoms with van der Waals surface area (Å²) in [7, 11) is 0. The lowest BCUT2D eigenvalue weighted by atomic mass is 10.1. The van der Waals surface area contributed by atoms with E-state index in [-0.39, 0.29) is 28.6 Å². The Balaban J connectivity index is 2.31. The molecule has 2 rings (SSSR count). The molecule has 3 N–H and O–H groups in total. The highest BCUT2D eigenvalue weighted by atomic mass is 35.5. The fourth-order valence-electron chi connectivity index (χ4n) is 1.86.